The van der Waals surface area contributed by atoms with E-state index in [9.17, 15) is 4.79 Å². The molecule has 3 unspecified atom stereocenters. The van der Waals surface area contributed by atoms with Gasteiger partial charge in [0.1, 0.15) is 0 Å². The molecule has 3 N–H and O–H groups in total. The van der Waals surface area contributed by atoms with Gasteiger partial charge in [-0.2, -0.15) is 0 Å². The second-order valence-electron chi connectivity index (χ2n) is 5.09. The van der Waals surface area contributed by atoms with Crippen LogP contribution >= 0.6 is 0 Å². The lowest BCUT2D eigenvalue weighted by Crippen LogP contribution is -2.41. The molecule has 1 fully saturated rings. The largest absolute Gasteiger partial charge is 0.352 e. The predicted octanol–water partition coefficient (Wildman–Crippen LogP) is 2.03. The lowest BCUT2D eigenvalue weighted by Gasteiger charge is -2.15. The smallest absolute Gasteiger partial charge is 0.224 e. The maximum absolute atomic E-state index is 12.1. The van der Waals surface area contributed by atoms with Crippen molar-refractivity contribution in [3.63, 3.8) is 0 Å². The van der Waals surface area contributed by atoms with E-state index < -0.39 is 0 Å². The quantitative estimate of drug-likeness (QED) is 0.807. The lowest BCUT2D eigenvalue weighted by atomic mass is 10.1. The highest BCUT2D eigenvalue weighted by atomic mass is 16.2. The molecule has 0 saturated heterocycles. The zero-order chi connectivity index (χ0) is 13.0. The van der Waals surface area contributed by atoms with Gasteiger partial charge in [-0.25, -0.2) is 0 Å². The zero-order valence-corrected chi connectivity index (χ0v) is 10.9. The Labute approximate surface area is 109 Å². The van der Waals surface area contributed by atoms with Gasteiger partial charge in [0.15, 0.2) is 0 Å². The summed E-state index contributed by atoms with van der Waals surface area (Å²) in [4.78, 5) is 12.1. The molecule has 1 aromatic rings. The summed E-state index contributed by atoms with van der Waals surface area (Å²) in [6.45, 7) is 2.64. The molecule has 1 aliphatic rings. The fourth-order valence-electron chi connectivity index (χ4n) is 2.46. The van der Waals surface area contributed by atoms with Crippen molar-refractivity contribution in [2.75, 3.05) is 6.54 Å². The average molecular weight is 246 g/mol. The van der Waals surface area contributed by atoms with Crippen LogP contribution in [-0.4, -0.2) is 18.5 Å². The van der Waals surface area contributed by atoms with Gasteiger partial charge >= 0.3 is 0 Å². The van der Waals surface area contributed by atoms with Crippen molar-refractivity contribution in [1.29, 1.82) is 0 Å². The Morgan fingerprint density at radius 1 is 1.44 bits per heavy atom. The number of rotatable bonds is 6. The Morgan fingerprint density at radius 3 is 2.78 bits per heavy atom. The molecule has 0 radical (unpaired) electrons. The standard InChI is InChI=1S/C15H22N2O/c1-2-6-12(10-16)17-15(18)14-9-13(14)11-7-4-3-5-8-11/h3-5,7-8,12-14H,2,6,9-10,16H2,1H3,(H,17,18). The van der Waals surface area contributed by atoms with E-state index in [4.69, 9.17) is 5.73 Å². The van der Waals surface area contributed by atoms with Crippen LogP contribution in [-0.2, 0) is 4.79 Å². The number of carbonyl (C=O) groups is 1. The van der Waals surface area contributed by atoms with Crippen LogP contribution in [0.3, 0.4) is 0 Å². The molecule has 3 nitrogen and oxygen atoms in total. The van der Waals surface area contributed by atoms with E-state index in [1.54, 1.807) is 0 Å². The number of amides is 1. The highest BCUT2D eigenvalue weighted by Crippen LogP contribution is 2.47. The molecule has 0 heterocycles. The van der Waals surface area contributed by atoms with Crippen LogP contribution in [0.2, 0.25) is 0 Å². The van der Waals surface area contributed by atoms with Crippen molar-refractivity contribution in [3.8, 4) is 0 Å². The van der Waals surface area contributed by atoms with Crippen LogP contribution in [0.5, 0.6) is 0 Å². The molecule has 3 atom stereocenters. The van der Waals surface area contributed by atoms with Crippen LogP contribution in [0.1, 0.15) is 37.7 Å². The third-order valence-electron chi connectivity index (χ3n) is 3.62. The highest BCUT2D eigenvalue weighted by Gasteiger charge is 2.44. The monoisotopic (exact) mass is 246 g/mol. The van der Waals surface area contributed by atoms with Gasteiger partial charge in [0.05, 0.1) is 0 Å². The summed E-state index contributed by atoms with van der Waals surface area (Å²) in [6.07, 6.45) is 2.99. The first-order valence-corrected chi connectivity index (χ1v) is 6.81. The van der Waals surface area contributed by atoms with E-state index in [2.05, 4.69) is 24.4 Å². The Balaban J connectivity index is 1.86. The number of hydrogen-bond acceptors (Lipinski definition) is 2. The van der Waals surface area contributed by atoms with Gasteiger partial charge in [-0.05, 0) is 24.3 Å². The molecule has 2 rings (SSSR count). The van der Waals surface area contributed by atoms with Gasteiger partial charge in [0, 0.05) is 18.5 Å². The van der Waals surface area contributed by atoms with Gasteiger partial charge < -0.3 is 11.1 Å². The van der Waals surface area contributed by atoms with Crippen molar-refractivity contribution in [1.82, 2.24) is 5.32 Å². The first-order chi connectivity index (χ1) is 8.76. The van der Waals surface area contributed by atoms with E-state index in [0.29, 0.717) is 12.5 Å². The number of hydrogen-bond donors (Lipinski definition) is 2. The van der Waals surface area contributed by atoms with Crippen molar-refractivity contribution in [2.24, 2.45) is 11.7 Å². The molecule has 0 spiro atoms. The Kier molecular flexibility index (Phi) is 4.37. The van der Waals surface area contributed by atoms with E-state index >= 15 is 0 Å². The highest BCUT2D eigenvalue weighted by molar-refractivity contribution is 5.83. The van der Waals surface area contributed by atoms with Crippen molar-refractivity contribution in [2.45, 2.75) is 38.1 Å². The topological polar surface area (TPSA) is 55.1 Å². The molecular formula is C15H22N2O. The molecule has 1 aliphatic carbocycles. The van der Waals surface area contributed by atoms with E-state index in [0.717, 1.165) is 19.3 Å². The van der Waals surface area contributed by atoms with Gasteiger partial charge in [-0.15, -0.1) is 0 Å². The molecular weight excluding hydrogens is 224 g/mol. The Bertz CT molecular complexity index is 391. The number of nitrogens with one attached hydrogen (secondary N) is 1. The summed E-state index contributed by atoms with van der Waals surface area (Å²) >= 11 is 0. The van der Waals surface area contributed by atoms with Crippen LogP contribution < -0.4 is 11.1 Å². The number of benzene rings is 1. The normalized spacial score (nSPS) is 23.4. The minimum Gasteiger partial charge on any atom is -0.352 e. The van der Waals surface area contributed by atoms with Gasteiger partial charge in [-0.1, -0.05) is 43.7 Å². The summed E-state index contributed by atoms with van der Waals surface area (Å²) in [7, 11) is 0. The molecule has 98 valence electrons. The van der Waals surface area contributed by atoms with Crippen LogP contribution in [0.4, 0.5) is 0 Å². The van der Waals surface area contributed by atoms with Crippen LogP contribution in [0, 0.1) is 5.92 Å². The second-order valence-corrected chi connectivity index (χ2v) is 5.09. The van der Waals surface area contributed by atoms with Crippen LogP contribution in [0.25, 0.3) is 0 Å². The molecule has 1 aromatic carbocycles. The SMILES string of the molecule is CCCC(CN)NC(=O)C1CC1c1ccccc1. The third kappa shape index (κ3) is 3.10. The molecule has 18 heavy (non-hydrogen) atoms. The van der Waals surface area contributed by atoms with Crippen molar-refractivity contribution >= 4 is 5.91 Å². The number of nitrogens with two attached hydrogens (primary N) is 1. The minimum atomic E-state index is 0.138. The summed E-state index contributed by atoms with van der Waals surface area (Å²) < 4.78 is 0. The lowest BCUT2D eigenvalue weighted by molar-refractivity contribution is -0.123. The van der Waals surface area contributed by atoms with Gasteiger partial charge in [-0.3, -0.25) is 4.79 Å². The van der Waals surface area contributed by atoms with Gasteiger partial charge in [0.25, 0.3) is 0 Å². The molecule has 0 bridgehead atoms. The Hall–Kier alpha value is -1.35. The summed E-state index contributed by atoms with van der Waals surface area (Å²) in [5, 5.41) is 3.07. The molecule has 1 amide bonds. The van der Waals surface area contributed by atoms with Crippen molar-refractivity contribution in [3.05, 3.63) is 35.9 Å². The second kappa shape index (κ2) is 6.01. The molecule has 0 aliphatic heterocycles. The fraction of sp³-hybridized carbons (Fsp3) is 0.533. The molecule has 1 saturated carbocycles. The predicted molar refractivity (Wildman–Crippen MR) is 73.2 cm³/mol. The van der Waals surface area contributed by atoms with Crippen molar-refractivity contribution < 1.29 is 4.79 Å². The molecule has 3 heteroatoms. The Morgan fingerprint density at radius 2 is 2.17 bits per heavy atom. The summed E-state index contributed by atoms with van der Waals surface area (Å²) in [5.74, 6) is 0.734. The molecule has 0 aromatic heterocycles. The number of carbonyl (C=O) groups excluding carboxylic acids is 1. The third-order valence-corrected chi connectivity index (χ3v) is 3.62. The first kappa shape index (κ1) is 13.1. The minimum absolute atomic E-state index is 0.138. The maximum atomic E-state index is 12.1. The summed E-state index contributed by atoms with van der Waals surface area (Å²) in [6, 6.07) is 10.4. The van der Waals surface area contributed by atoms with E-state index in [1.807, 2.05) is 18.2 Å². The first-order valence-electron chi connectivity index (χ1n) is 6.81. The van der Waals surface area contributed by atoms with Crippen LogP contribution in [0.15, 0.2) is 30.3 Å². The summed E-state index contributed by atoms with van der Waals surface area (Å²) in [5.41, 5.74) is 6.93. The average Bonchev–Trinajstić information content (AvgIpc) is 3.19. The van der Waals surface area contributed by atoms with Gasteiger partial charge in [0.2, 0.25) is 5.91 Å². The maximum Gasteiger partial charge on any atom is 0.224 e. The van der Waals surface area contributed by atoms with E-state index in [-0.39, 0.29) is 17.9 Å². The van der Waals surface area contributed by atoms with E-state index in [1.165, 1.54) is 5.56 Å². The zero-order valence-electron chi connectivity index (χ0n) is 10.9. The fourth-order valence-corrected chi connectivity index (χ4v) is 2.46.